The molecule has 0 aliphatic carbocycles. The zero-order valence-electron chi connectivity index (χ0n) is 21.4. The van der Waals surface area contributed by atoms with E-state index in [1.807, 2.05) is 24.3 Å². The number of morpholine rings is 1. The van der Waals surface area contributed by atoms with Crippen molar-refractivity contribution in [2.75, 3.05) is 44.8 Å². The van der Waals surface area contributed by atoms with Gasteiger partial charge >= 0.3 is 0 Å². The molecule has 0 radical (unpaired) electrons. The average molecular weight is 521 g/mol. The van der Waals surface area contributed by atoms with Gasteiger partial charge in [0.05, 0.1) is 36.1 Å². The Morgan fingerprint density at radius 2 is 1.92 bits per heavy atom. The Hall–Kier alpha value is -3.47. The average Bonchev–Trinajstić information content (AvgIpc) is 3.36. The fourth-order valence-corrected chi connectivity index (χ4v) is 4.68. The van der Waals surface area contributed by atoms with E-state index in [0.29, 0.717) is 18.3 Å². The van der Waals surface area contributed by atoms with Gasteiger partial charge in [-0.05, 0) is 17.7 Å². The first-order chi connectivity index (χ1) is 17.9. The van der Waals surface area contributed by atoms with E-state index in [9.17, 15) is 0 Å². The predicted octanol–water partition coefficient (Wildman–Crippen LogP) is 5.55. The molecule has 9 nitrogen and oxygen atoms in total. The number of aromatic amines is 1. The highest BCUT2D eigenvalue weighted by molar-refractivity contribution is 7.16. The summed E-state index contributed by atoms with van der Waals surface area (Å²) in [4.78, 5) is 14.6. The summed E-state index contributed by atoms with van der Waals surface area (Å²) in [6.45, 7) is 11.2. The molecule has 194 valence electrons. The van der Waals surface area contributed by atoms with Crippen LogP contribution in [0.15, 0.2) is 58.8 Å². The minimum Gasteiger partial charge on any atom is -0.476 e. The Morgan fingerprint density at radius 1 is 1.11 bits per heavy atom. The van der Waals surface area contributed by atoms with Crippen molar-refractivity contribution in [2.24, 2.45) is 0 Å². The zero-order chi connectivity index (χ0) is 25.7. The summed E-state index contributed by atoms with van der Waals surface area (Å²) in [6, 6.07) is 12.0. The molecule has 4 aromatic rings. The third-order valence-corrected chi connectivity index (χ3v) is 6.96. The number of aromatic nitrogens is 4. The molecule has 1 aliphatic rings. The fraction of sp³-hybridized carbons (Fsp3) is 0.370. The molecule has 1 fully saturated rings. The van der Waals surface area contributed by atoms with Gasteiger partial charge in [0.15, 0.2) is 5.82 Å². The summed E-state index contributed by atoms with van der Waals surface area (Å²) in [5.41, 5.74) is 3.64. The second-order valence-electron chi connectivity index (χ2n) is 9.87. The lowest BCUT2D eigenvalue weighted by Gasteiger charge is -2.26. The molecule has 4 heterocycles. The first-order valence-electron chi connectivity index (χ1n) is 12.4. The van der Waals surface area contributed by atoms with Crippen LogP contribution in [-0.2, 0) is 10.2 Å². The Balaban J connectivity index is 1.27. The number of ether oxygens (including phenoxy) is 2. The van der Waals surface area contributed by atoms with E-state index in [1.165, 1.54) is 0 Å². The standard InChI is InChI=1S/C27H32N6O3S/c1-27(2,3)24-15-25(32-36-24)31-20-6-4-19(5-7-20)22-17-37-23-14-26(28-16-21(23)29-18-30-22)35-13-10-33-8-11-34-12-9-33/h4-7,14-18H,8-13H2,1-3H3,(H,29,30)(H,31,32). The molecule has 0 amide bonds. The van der Waals surface area contributed by atoms with E-state index in [2.05, 4.69) is 68.6 Å². The van der Waals surface area contributed by atoms with Gasteiger partial charge < -0.3 is 24.3 Å². The zero-order valence-corrected chi connectivity index (χ0v) is 22.2. The predicted molar refractivity (Wildman–Crippen MR) is 146 cm³/mol. The van der Waals surface area contributed by atoms with Crippen LogP contribution in [0.5, 0.6) is 5.88 Å². The third-order valence-electron chi connectivity index (χ3n) is 6.03. The quantitative estimate of drug-likeness (QED) is 0.327. The maximum atomic E-state index is 5.93. The topological polar surface area (TPSA) is 101 Å². The lowest BCUT2D eigenvalue weighted by atomic mass is 9.93. The molecule has 1 aliphatic heterocycles. The lowest BCUT2D eigenvalue weighted by Crippen LogP contribution is -2.38. The Bertz CT molecular complexity index is 1360. The number of hydrogen-bond acceptors (Lipinski definition) is 9. The molecule has 0 bridgehead atoms. The number of H-pyrrole nitrogens is 1. The van der Waals surface area contributed by atoms with E-state index >= 15 is 0 Å². The van der Waals surface area contributed by atoms with E-state index in [4.69, 9.17) is 14.0 Å². The van der Waals surface area contributed by atoms with Crippen LogP contribution in [-0.4, -0.2) is 64.5 Å². The molecule has 0 saturated carbocycles. The van der Waals surface area contributed by atoms with E-state index < -0.39 is 0 Å². The van der Waals surface area contributed by atoms with Crippen molar-refractivity contribution < 1.29 is 14.0 Å². The van der Waals surface area contributed by atoms with Gasteiger partial charge in [0.25, 0.3) is 0 Å². The Kier molecular flexibility index (Phi) is 7.68. The van der Waals surface area contributed by atoms with Gasteiger partial charge in [0.1, 0.15) is 17.9 Å². The molecule has 37 heavy (non-hydrogen) atoms. The molecule has 5 rings (SSSR count). The van der Waals surface area contributed by atoms with Crippen molar-refractivity contribution in [3.63, 3.8) is 0 Å². The summed E-state index contributed by atoms with van der Waals surface area (Å²) in [7, 11) is 0. The number of rotatable bonds is 7. The molecule has 0 atom stereocenters. The Labute approximate surface area is 220 Å². The van der Waals surface area contributed by atoms with Crippen LogP contribution in [0.3, 0.4) is 0 Å². The highest BCUT2D eigenvalue weighted by Gasteiger charge is 2.19. The van der Waals surface area contributed by atoms with Crippen molar-refractivity contribution in [2.45, 2.75) is 26.2 Å². The number of hydrogen-bond donors (Lipinski definition) is 2. The summed E-state index contributed by atoms with van der Waals surface area (Å²) in [5, 5.41) is 9.51. The molecule has 3 aromatic heterocycles. The number of nitrogens with one attached hydrogen (secondary N) is 2. The molecule has 10 heteroatoms. The van der Waals surface area contributed by atoms with E-state index in [-0.39, 0.29) is 5.41 Å². The normalized spacial score (nSPS) is 14.5. The number of nitrogens with zero attached hydrogens (tertiary/aromatic N) is 4. The maximum Gasteiger partial charge on any atom is 0.214 e. The van der Waals surface area contributed by atoms with Crippen molar-refractivity contribution in [1.29, 1.82) is 0 Å². The molecular formula is C27H32N6O3S. The van der Waals surface area contributed by atoms with Crippen LogP contribution < -0.4 is 10.1 Å². The SMILES string of the molecule is CC(C)(C)c1cc(Nc2ccc(-c3csc4cc(OCCN5CCOCC5)ncc4nc[nH]3)cc2)no1. The number of fused-ring (bicyclic) bond motifs is 1. The minimum absolute atomic E-state index is 0.0865. The van der Waals surface area contributed by atoms with Gasteiger partial charge in [-0.1, -0.05) is 38.1 Å². The van der Waals surface area contributed by atoms with Crippen molar-refractivity contribution in [1.82, 2.24) is 25.0 Å². The molecule has 1 saturated heterocycles. The number of benzene rings is 1. The summed E-state index contributed by atoms with van der Waals surface area (Å²) >= 11 is 1.59. The smallest absolute Gasteiger partial charge is 0.214 e. The summed E-state index contributed by atoms with van der Waals surface area (Å²) in [5.74, 6) is 2.14. The van der Waals surface area contributed by atoms with Crippen LogP contribution >= 0.6 is 11.3 Å². The van der Waals surface area contributed by atoms with Crippen LogP contribution in [0.25, 0.3) is 21.5 Å². The van der Waals surface area contributed by atoms with Crippen molar-refractivity contribution in [3.8, 4) is 17.1 Å². The monoisotopic (exact) mass is 520 g/mol. The fourth-order valence-electron chi connectivity index (χ4n) is 3.83. The van der Waals surface area contributed by atoms with E-state index in [0.717, 1.165) is 65.8 Å². The largest absolute Gasteiger partial charge is 0.476 e. The first kappa shape index (κ1) is 25.2. The Morgan fingerprint density at radius 3 is 2.68 bits per heavy atom. The van der Waals surface area contributed by atoms with Gasteiger partial charge in [-0.15, -0.1) is 11.3 Å². The molecule has 1 aromatic carbocycles. The van der Waals surface area contributed by atoms with Crippen LogP contribution in [0.2, 0.25) is 0 Å². The molecule has 2 N–H and O–H groups in total. The van der Waals surface area contributed by atoms with Crippen molar-refractivity contribution in [3.05, 3.63) is 60.1 Å². The van der Waals surface area contributed by atoms with Gasteiger partial charge in [-0.25, -0.2) is 9.97 Å². The highest BCUT2D eigenvalue weighted by atomic mass is 32.1. The van der Waals surface area contributed by atoms with Crippen molar-refractivity contribution >= 4 is 33.1 Å². The van der Waals surface area contributed by atoms with Gasteiger partial charge in [-0.2, -0.15) is 0 Å². The molecule has 0 spiro atoms. The third kappa shape index (κ3) is 6.65. The molecule has 0 unspecified atom stereocenters. The minimum atomic E-state index is -0.0865. The van der Waals surface area contributed by atoms with Gasteiger partial charge in [0.2, 0.25) is 5.88 Å². The van der Waals surface area contributed by atoms with Gasteiger partial charge in [-0.3, -0.25) is 4.90 Å². The maximum absolute atomic E-state index is 5.93. The summed E-state index contributed by atoms with van der Waals surface area (Å²) in [6.07, 6.45) is 3.44. The van der Waals surface area contributed by atoms with Crippen LogP contribution in [0.1, 0.15) is 26.5 Å². The van der Waals surface area contributed by atoms with Gasteiger partial charge in [0, 0.05) is 48.2 Å². The molecular weight excluding hydrogens is 488 g/mol. The van der Waals surface area contributed by atoms with E-state index in [1.54, 1.807) is 23.9 Å². The van der Waals surface area contributed by atoms with Crippen LogP contribution in [0.4, 0.5) is 11.5 Å². The lowest BCUT2D eigenvalue weighted by molar-refractivity contribution is 0.0320. The highest BCUT2D eigenvalue weighted by Crippen LogP contribution is 2.27. The number of anilines is 2. The summed E-state index contributed by atoms with van der Waals surface area (Å²) < 4.78 is 17.8. The second kappa shape index (κ2) is 11.3. The first-order valence-corrected chi connectivity index (χ1v) is 13.3. The van der Waals surface area contributed by atoms with Crippen LogP contribution in [0, 0.1) is 0 Å². The number of pyridine rings is 1. The second-order valence-corrected chi connectivity index (χ2v) is 10.8.